The summed E-state index contributed by atoms with van der Waals surface area (Å²) in [5.41, 5.74) is 2.60. The van der Waals surface area contributed by atoms with Crippen LogP contribution < -0.4 is 10.1 Å². The summed E-state index contributed by atoms with van der Waals surface area (Å²) in [5, 5.41) is 3.90. The van der Waals surface area contributed by atoms with Crippen molar-refractivity contribution < 1.29 is 17.9 Å². The van der Waals surface area contributed by atoms with Gasteiger partial charge in [-0.1, -0.05) is 23.7 Å². The van der Waals surface area contributed by atoms with Gasteiger partial charge < -0.3 is 10.1 Å². The van der Waals surface area contributed by atoms with E-state index in [9.17, 15) is 13.2 Å². The molecule has 0 amide bonds. The third-order valence-electron chi connectivity index (χ3n) is 3.32. The Labute approximate surface area is 124 Å². The third-order valence-corrected chi connectivity index (χ3v) is 3.55. The number of rotatable bonds is 2. The molecule has 0 saturated carbocycles. The normalized spacial score (nSPS) is 17.2. The highest BCUT2D eigenvalue weighted by Gasteiger charge is 2.32. The minimum Gasteiger partial charge on any atom is -0.406 e. The zero-order chi connectivity index (χ0) is 15.0. The number of halogens is 4. The highest BCUT2D eigenvalue weighted by atomic mass is 35.5. The summed E-state index contributed by atoms with van der Waals surface area (Å²) in [5.74, 6) is -0.199. The maximum atomic E-state index is 12.2. The molecule has 0 radical (unpaired) electrons. The highest BCUT2D eigenvalue weighted by molar-refractivity contribution is 6.30. The van der Waals surface area contributed by atoms with Gasteiger partial charge in [-0.05, 0) is 47.9 Å². The molecule has 0 bridgehead atoms. The van der Waals surface area contributed by atoms with Crippen molar-refractivity contribution in [3.63, 3.8) is 0 Å². The fraction of sp³-hybridized carbons (Fsp3) is 0.200. The molecule has 0 spiro atoms. The predicted octanol–water partition coefficient (Wildman–Crippen LogP) is 4.95. The van der Waals surface area contributed by atoms with Crippen LogP contribution >= 0.6 is 11.6 Å². The molecule has 21 heavy (non-hydrogen) atoms. The Morgan fingerprint density at radius 1 is 1.14 bits per heavy atom. The van der Waals surface area contributed by atoms with Crippen molar-refractivity contribution in [3.05, 3.63) is 58.6 Å². The van der Waals surface area contributed by atoms with Crippen LogP contribution in [0.3, 0.4) is 0 Å². The lowest BCUT2D eigenvalue weighted by atomic mass is 10.0. The Hall–Kier alpha value is -1.88. The van der Waals surface area contributed by atoms with Crippen molar-refractivity contribution >= 4 is 17.3 Å². The number of benzene rings is 2. The summed E-state index contributed by atoms with van der Waals surface area (Å²) in [6, 6.07) is 11.7. The highest BCUT2D eigenvalue weighted by Crippen LogP contribution is 2.37. The molecule has 1 aliphatic heterocycles. The van der Waals surface area contributed by atoms with Crippen LogP contribution in [0.25, 0.3) is 0 Å². The van der Waals surface area contributed by atoms with E-state index in [2.05, 4.69) is 10.1 Å². The van der Waals surface area contributed by atoms with Gasteiger partial charge in [0.1, 0.15) is 5.75 Å². The maximum absolute atomic E-state index is 12.2. The molecule has 0 aromatic heterocycles. The molecule has 1 N–H and O–H groups in total. The third kappa shape index (κ3) is 3.24. The number of anilines is 1. The second kappa shape index (κ2) is 5.15. The van der Waals surface area contributed by atoms with Gasteiger partial charge >= 0.3 is 6.36 Å². The summed E-state index contributed by atoms with van der Waals surface area (Å²) >= 11 is 5.96. The molecule has 1 aliphatic rings. The van der Waals surface area contributed by atoms with Crippen molar-refractivity contribution in [1.29, 1.82) is 0 Å². The topological polar surface area (TPSA) is 21.3 Å². The lowest BCUT2D eigenvalue weighted by Gasteiger charge is -2.11. The van der Waals surface area contributed by atoms with Crippen molar-refractivity contribution in [3.8, 4) is 5.75 Å². The summed E-state index contributed by atoms with van der Waals surface area (Å²) in [6.07, 6.45) is -4.09. The lowest BCUT2D eigenvalue weighted by Crippen LogP contribution is -2.17. The molecule has 0 fully saturated rings. The number of fused-ring (bicyclic) bond motifs is 1. The summed E-state index contributed by atoms with van der Waals surface area (Å²) in [6.45, 7) is 0. The molecule has 2 aromatic rings. The molecule has 110 valence electrons. The first-order valence-corrected chi connectivity index (χ1v) is 6.69. The van der Waals surface area contributed by atoms with Crippen molar-refractivity contribution in [1.82, 2.24) is 0 Å². The van der Waals surface area contributed by atoms with E-state index in [1.54, 1.807) is 12.1 Å². The molecule has 2 nitrogen and oxygen atoms in total. The van der Waals surface area contributed by atoms with Gasteiger partial charge in [-0.25, -0.2) is 0 Å². The molecule has 1 unspecified atom stereocenters. The van der Waals surface area contributed by atoms with Crippen LogP contribution in [0, 0.1) is 0 Å². The Balaban J connectivity index is 1.81. The summed E-state index contributed by atoms with van der Waals surface area (Å²) in [4.78, 5) is 0. The second-order valence-corrected chi connectivity index (χ2v) is 5.26. The van der Waals surface area contributed by atoms with Gasteiger partial charge in [0.05, 0.1) is 6.04 Å². The monoisotopic (exact) mass is 313 g/mol. The zero-order valence-electron chi connectivity index (χ0n) is 10.7. The first kappa shape index (κ1) is 14.1. The average Bonchev–Trinajstić information content (AvgIpc) is 2.80. The molecular formula is C15H11ClF3NO. The number of hydrogen-bond acceptors (Lipinski definition) is 2. The summed E-state index contributed by atoms with van der Waals surface area (Å²) in [7, 11) is 0. The molecule has 0 saturated heterocycles. The molecule has 3 rings (SSSR count). The molecular weight excluding hydrogens is 303 g/mol. The maximum Gasteiger partial charge on any atom is 0.573 e. The van der Waals surface area contributed by atoms with Gasteiger partial charge in [0, 0.05) is 10.7 Å². The Morgan fingerprint density at radius 2 is 1.95 bits per heavy atom. The number of ether oxygens (including phenoxy) is 1. The molecule has 0 aliphatic carbocycles. The molecule has 1 heterocycles. The first-order chi connectivity index (χ1) is 9.90. The second-order valence-electron chi connectivity index (χ2n) is 4.82. The van der Waals surface area contributed by atoms with Crippen molar-refractivity contribution in [2.24, 2.45) is 0 Å². The number of hydrogen-bond donors (Lipinski definition) is 1. The van der Waals surface area contributed by atoms with Gasteiger partial charge in [0.2, 0.25) is 0 Å². The van der Waals surface area contributed by atoms with Crippen LogP contribution in [0.5, 0.6) is 5.75 Å². The average molecular weight is 314 g/mol. The molecule has 2 aromatic carbocycles. The van der Waals surface area contributed by atoms with Gasteiger partial charge in [-0.3, -0.25) is 0 Å². The predicted molar refractivity (Wildman–Crippen MR) is 74.6 cm³/mol. The quantitative estimate of drug-likeness (QED) is 0.847. The van der Waals surface area contributed by atoms with E-state index in [1.165, 1.54) is 12.1 Å². The van der Waals surface area contributed by atoms with Gasteiger partial charge in [-0.15, -0.1) is 13.2 Å². The largest absolute Gasteiger partial charge is 0.573 e. The van der Waals surface area contributed by atoms with Gasteiger partial charge in [-0.2, -0.15) is 0 Å². The fourth-order valence-corrected chi connectivity index (χ4v) is 2.66. The van der Waals surface area contributed by atoms with E-state index in [1.807, 2.05) is 18.2 Å². The van der Waals surface area contributed by atoms with Crippen LogP contribution in [-0.2, 0) is 6.42 Å². The smallest absolute Gasteiger partial charge is 0.406 e. The summed E-state index contributed by atoms with van der Waals surface area (Å²) < 4.78 is 40.6. The van der Waals surface area contributed by atoms with Gasteiger partial charge in [0.25, 0.3) is 0 Å². The van der Waals surface area contributed by atoms with Crippen molar-refractivity contribution in [2.45, 2.75) is 18.8 Å². The van der Waals surface area contributed by atoms with Crippen LogP contribution in [0.2, 0.25) is 5.02 Å². The standard InChI is InChI=1S/C15H11ClF3NO/c16-11-3-1-2-9(6-11)14-8-10-7-12(21-15(17,18)19)4-5-13(10)20-14/h1-7,14,20H,8H2. The molecule has 1 atom stereocenters. The minimum absolute atomic E-state index is 0.000151. The zero-order valence-corrected chi connectivity index (χ0v) is 11.5. The van der Waals surface area contributed by atoms with E-state index in [0.29, 0.717) is 11.4 Å². The van der Waals surface area contributed by atoms with E-state index < -0.39 is 6.36 Å². The number of nitrogens with one attached hydrogen (secondary N) is 1. The lowest BCUT2D eigenvalue weighted by molar-refractivity contribution is -0.274. The van der Waals surface area contributed by atoms with E-state index in [-0.39, 0.29) is 11.8 Å². The van der Waals surface area contributed by atoms with Crippen molar-refractivity contribution in [2.75, 3.05) is 5.32 Å². The van der Waals surface area contributed by atoms with E-state index in [4.69, 9.17) is 11.6 Å². The van der Waals surface area contributed by atoms with E-state index >= 15 is 0 Å². The van der Waals surface area contributed by atoms with Crippen LogP contribution in [0.4, 0.5) is 18.9 Å². The SMILES string of the molecule is FC(F)(F)Oc1ccc2c(c1)CC(c1cccc(Cl)c1)N2. The van der Waals surface area contributed by atoms with Crippen LogP contribution in [-0.4, -0.2) is 6.36 Å². The van der Waals surface area contributed by atoms with Gasteiger partial charge in [0.15, 0.2) is 0 Å². The fourth-order valence-electron chi connectivity index (χ4n) is 2.46. The first-order valence-electron chi connectivity index (χ1n) is 6.31. The Bertz CT molecular complexity index is 672. The van der Waals surface area contributed by atoms with Crippen LogP contribution in [0.1, 0.15) is 17.2 Å². The minimum atomic E-state index is -4.67. The van der Waals surface area contributed by atoms with E-state index in [0.717, 1.165) is 16.8 Å². The number of alkyl halides is 3. The molecule has 6 heteroatoms. The Kier molecular flexibility index (Phi) is 3.45. The van der Waals surface area contributed by atoms with Crippen LogP contribution in [0.15, 0.2) is 42.5 Å². The Morgan fingerprint density at radius 3 is 2.67 bits per heavy atom.